The van der Waals surface area contributed by atoms with E-state index in [1.807, 2.05) is 0 Å². The van der Waals surface area contributed by atoms with Crippen LogP contribution in [0, 0.1) is 6.08 Å². The van der Waals surface area contributed by atoms with E-state index in [-0.39, 0.29) is 31.1 Å². The Labute approximate surface area is 127 Å². The van der Waals surface area contributed by atoms with Crippen molar-refractivity contribution < 1.29 is 31.1 Å². The first kappa shape index (κ1) is 17.8. The van der Waals surface area contributed by atoms with Crippen molar-refractivity contribution in [3.05, 3.63) is 77.4 Å². The molecule has 2 aromatic carbocycles. The molecule has 1 aliphatic carbocycles. The number of hydrogen-bond acceptors (Lipinski definition) is 0. The normalized spacial score (nSPS) is 14.6. The van der Waals surface area contributed by atoms with Crippen molar-refractivity contribution >= 4 is 6.08 Å². The molecule has 1 aliphatic rings. The van der Waals surface area contributed by atoms with Gasteiger partial charge in [0, 0.05) is 0 Å². The van der Waals surface area contributed by atoms with E-state index in [1.54, 1.807) is 0 Å². The summed E-state index contributed by atoms with van der Waals surface area (Å²) >= 11 is 0. The first-order valence-electron chi connectivity index (χ1n) is 5.65. The van der Waals surface area contributed by atoms with Crippen LogP contribution in [0.25, 0.3) is 6.08 Å². The van der Waals surface area contributed by atoms with E-state index in [4.69, 9.17) is 0 Å². The van der Waals surface area contributed by atoms with E-state index in [9.17, 15) is 0 Å². The van der Waals surface area contributed by atoms with Crippen molar-refractivity contribution in [3.8, 4) is 0 Å². The van der Waals surface area contributed by atoms with Crippen molar-refractivity contribution in [2.45, 2.75) is 12.3 Å². The van der Waals surface area contributed by atoms with Gasteiger partial charge in [-0.05, 0) is 12.0 Å². The van der Waals surface area contributed by atoms with E-state index in [0.29, 0.717) is 5.92 Å². The molecule has 2 aromatic rings. The van der Waals surface area contributed by atoms with E-state index in [1.165, 1.54) is 16.7 Å². The molecule has 0 amide bonds. The van der Waals surface area contributed by atoms with Crippen LogP contribution in [0.3, 0.4) is 0 Å². The summed E-state index contributed by atoms with van der Waals surface area (Å²) in [5.74, 6) is 0.429. The second kappa shape index (κ2) is 8.03. The third kappa shape index (κ3) is 3.86. The summed E-state index contributed by atoms with van der Waals surface area (Å²) in [6.45, 7) is 0. The molecule has 0 aromatic heterocycles. The molecule has 19 heavy (non-hydrogen) atoms. The van der Waals surface area contributed by atoms with Gasteiger partial charge in [0.05, 0.1) is 0 Å². The minimum Gasteiger partial charge on any atom is -1.00 e. The maximum atomic E-state index is 3.45. The van der Waals surface area contributed by atoms with Crippen LogP contribution in [0.2, 0.25) is 0 Å². The monoisotopic (exact) mass is 291 g/mol. The Balaban J connectivity index is 0.00000108. The quantitative estimate of drug-likeness (QED) is 0.437. The number of halogens is 2. The largest absolute Gasteiger partial charge is 3.00 e. The average Bonchev–Trinajstić information content (AvgIpc) is 2.74. The molecule has 3 heteroatoms. The zero-order chi connectivity index (χ0) is 10.8. The van der Waals surface area contributed by atoms with Crippen LogP contribution in [-0.4, -0.2) is 0 Å². The number of rotatable bonds is 2. The number of benzene rings is 2. The van der Waals surface area contributed by atoms with Gasteiger partial charge in [0.15, 0.2) is 0 Å². The van der Waals surface area contributed by atoms with Gasteiger partial charge < -0.3 is 9.41 Å². The molecule has 0 fully saturated rings. The molecule has 0 aliphatic heterocycles. The summed E-state index contributed by atoms with van der Waals surface area (Å²) in [7, 11) is 0. The van der Waals surface area contributed by atoms with E-state index < -0.39 is 0 Å². The Morgan fingerprint density at radius 1 is 0.842 bits per heavy atom. The predicted octanol–water partition coefficient (Wildman–Crippen LogP) is -2.15. The van der Waals surface area contributed by atoms with Crippen LogP contribution >= 0.6 is 0 Å². The molecule has 1 radical (unpaired) electrons. The predicted molar refractivity (Wildman–Crippen MR) is 67.0 cm³/mol. The second-order valence-electron chi connectivity index (χ2n) is 4.18. The maximum Gasteiger partial charge on any atom is 3.00 e. The second-order valence-corrected chi connectivity index (χ2v) is 4.18. The van der Waals surface area contributed by atoms with E-state index in [0.717, 1.165) is 6.42 Å². The van der Waals surface area contributed by atoms with Gasteiger partial charge in [-0.25, -0.2) is 6.08 Å². The molecule has 0 heterocycles. The number of fused-ring (bicyclic) bond motifs is 1. The zero-order valence-electron chi connectivity index (χ0n) is 10.3. The third-order valence-corrected chi connectivity index (χ3v) is 3.09. The molecule has 0 nitrogen and oxygen atoms in total. The van der Waals surface area contributed by atoms with Crippen molar-refractivity contribution in [1.82, 2.24) is 0 Å². The molecule has 0 spiro atoms. The van der Waals surface area contributed by atoms with Gasteiger partial charge in [0.2, 0.25) is 0 Å². The van der Waals surface area contributed by atoms with Crippen LogP contribution in [0.15, 0.2) is 54.6 Å². The van der Waals surface area contributed by atoms with E-state index >= 15 is 0 Å². The van der Waals surface area contributed by atoms with Gasteiger partial charge in [0.1, 0.15) is 0 Å². The SMILES string of the molecule is [C-]1=Cc2ccccc2C1Cc1ccccc1.[F-].[F-].[Ti+3]. The van der Waals surface area contributed by atoms with Crippen molar-refractivity contribution in [2.24, 2.45) is 0 Å². The summed E-state index contributed by atoms with van der Waals surface area (Å²) in [4.78, 5) is 0. The summed E-state index contributed by atoms with van der Waals surface area (Å²) in [6, 6.07) is 19.2. The van der Waals surface area contributed by atoms with Crippen LogP contribution in [0.1, 0.15) is 22.6 Å². The Bertz CT molecular complexity index is 523. The van der Waals surface area contributed by atoms with E-state index in [2.05, 4.69) is 66.7 Å². The molecular formula is C16H13F2Ti. The first-order valence-corrected chi connectivity index (χ1v) is 5.65. The Hall–Kier alpha value is -1.25. The summed E-state index contributed by atoms with van der Waals surface area (Å²) < 4.78 is 0. The van der Waals surface area contributed by atoms with Crippen LogP contribution in [-0.2, 0) is 28.1 Å². The molecule has 0 bridgehead atoms. The van der Waals surface area contributed by atoms with Crippen LogP contribution in [0.4, 0.5) is 0 Å². The van der Waals surface area contributed by atoms with Gasteiger partial charge in [-0.15, -0.1) is 11.6 Å². The molecular weight excluding hydrogens is 278 g/mol. The third-order valence-electron chi connectivity index (χ3n) is 3.09. The van der Waals surface area contributed by atoms with Crippen LogP contribution < -0.4 is 9.41 Å². The average molecular weight is 291 g/mol. The van der Waals surface area contributed by atoms with Crippen molar-refractivity contribution in [3.63, 3.8) is 0 Å². The van der Waals surface area contributed by atoms with Gasteiger partial charge in [-0.3, -0.25) is 6.08 Å². The minimum atomic E-state index is 0. The minimum absolute atomic E-state index is 0. The fourth-order valence-corrected chi connectivity index (χ4v) is 2.26. The molecule has 0 saturated carbocycles. The summed E-state index contributed by atoms with van der Waals surface area (Å²) in [5.41, 5.74) is 4.11. The molecule has 0 N–H and O–H groups in total. The van der Waals surface area contributed by atoms with Crippen LogP contribution in [0.5, 0.6) is 0 Å². The van der Waals surface area contributed by atoms with Gasteiger partial charge >= 0.3 is 21.7 Å². The van der Waals surface area contributed by atoms with Gasteiger partial charge in [0.25, 0.3) is 0 Å². The summed E-state index contributed by atoms with van der Waals surface area (Å²) in [5, 5.41) is 0. The number of hydrogen-bond donors (Lipinski definition) is 0. The van der Waals surface area contributed by atoms with Crippen molar-refractivity contribution in [1.29, 1.82) is 0 Å². The number of allylic oxidation sites excluding steroid dienone is 1. The van der Waals surface area contributed by atoms with Gasteiger partial charge in [-0.1, -0.05) is 54.4 Å². The van der Waals surface area contributed by atoms with Crippen molar-refractivity contribution in [2.75, 3.05) is 0 Å². The molecule has 0 saturated heterocycles. The fourth-order valence-electron chi connectivity index (χ4n) is 2.26. The Kier molecular flexibility index (Phi) is 7.50. The molecule has 95 valence electrons. The zero-order valence-corrected chi connectivity index (χ0v) is 11.9. The first-order chi connectivity index (χ1) is 7.93. The maximum absolute atomic E-state index is 3.45. The Morgan fingerprint density at radius 2 is 1.47 bits per heavy atom. The molecule has 1 atom stereocenters. The topological polar surface area (TPSA) is 0 Å². The smallest absolute Gasteiger partial charge is 1.00 e. The standard InChI is InChI=1S/C16H13.2FH.Ti/c1-2-6-13(7-3-1)12-15-11-10-14-8-4-5-9-16(14)15;;;/h1-10,15H,12H2;2*1H;/q-1;;;+3/p-2. The molecule has 3 rings (SSSR count). The van der Waals surface area contributed by atoms with Gasteiger partial charge in [-0.2, -0.15) is 5.56 Å². The fraction of sp³-hybridized carbons (Fsp3) is 0.125. The Morgan fingerprint density at radius 3 is 2.21 bits per heavy atom. The molecule has 1 unspecified atom stereocenters. The summed E-state index contributed by atoms with van der Waals surface area (Å²) in [6.07, 6.45) is 6.61.